The minimum Gasteiger partial charge on any atom is -0.500 e. The van der Waals surface area contributed by atoms with Crippen molar-refractivity contribution < 1.29 is 14.3 Å². The van der Waals surface area contributed by atoms with Crippen LogP contribution in [0, 0.1) is 0 Å². The van der Waals surface area contributed by atoms with Crippen molar-refractivity contribution in [2.24, 2.45) is 0 Å². The first-order valence-corrected chi connectivity index (χ1v) is 2.65. The third-order valence-electron chi connectivity index (χ3n) is 1.11. The highest BCUT2D eigenvalue weighted by atomic mass is 16.5. The van der Waals surface area contributed by atoms with Gasteiger partial charge in [0, 0.05) is 6.42 Å². The van der Waals surface area contributed by atoms with E-state index in [9.17, 15) is 9.59 Å². The molecule has 0 atom stereocenters. The average molecular weight is 126 g/mol. The van der Waals surface area contributed by atoms with Gasteiger partial charge in [0.2, 0.25) is 0 Å². The van der Waals surface area contributed by atoms with Crippen LogP contribution >= 0.6 is 0 Å². The molecule has 0 aromatic rings. The number of aldehydes is 1. The molecule has 0 fully saturated rings. The summed E-state index contributed by atoms with van der Waals surface area (Å²) in [5.41, 5.74) is 0.140. The minimum absolute atomic E-state index is 0.128. The molecule has 0 unspecified atom stereocenters. The zero-order chi connectivity index (χ0) is 6.69. The van der Waals surface area contributed by atoms with Crippen LogP contribution < -0.4 is 0 Å². The number of allylic oxidation sites excluding steroid dienone is 1. The summed E-state index contributed by atoms with van der Waals surface area (Å²) >= 11 is 0. The quantitative estimate of drug-likeness (QED) is 0.368. The maximum Gasteiger partial charge on any atom is 0.172 e. The third kappa shape index (κ3) is 1.16. The molecule has 48 valence electrons. The molecule has 0 aliphatic carbocycles. The van der Waals surface area contributed by atoms with Gasteiger partial charge in [-0.15, -0.1) is 0 Å². The number of carbonyl (C=O) groups excluding carboxylic acids is 2. The van der Waals surface area contributed by atoms with Crippen molar-refractivity contribution in [3.8, 4) is 0 Å². The Kier molecular flexibility index (Phi) is 1.63. The summed E-state index contributed by atoms with van der Waals surface area (Å²) in [7, 11) is 0. The van der Waals surface area contributed by atoms with Gasteiger partial charge < -0.3 is 4.74 Å². The summed E-state index contributed by atoms with van der Waals surface area (Å²) in [5, 5.41) is 0. The largest absolute Gasteiger partial charge is 0.500 e. The second kappa shape index (κ2) is 2.44. The summed E-state index contributed by atoms with van der Waals surface area (Å²) in [6, 6.07) is 0. The second-order valence-corrected chi connectivity index (χ2v) is 1.74. The third-order valence-corrected chi connectivity index (χ3v) is 1.11. The van der Waals surface area contributed by atoms with Crippen LogP contribution in [0.2, 0.25) is 0 Å². The lowest BCUT2D eigenvalue weighted by Gasteiger charge is -2.06. The molecule has 0 aromatic carbocycles. The number of ketones is 1. The topological polar surface area (TPSA) is 43.4 Å². The van der Waals surface area contributed by atoms with Gasteiger partial charge in [-0.1, -0.05) is 0 Å². The summed E-state index contributed by atoms with van der Waals surface area (Å²) < 4.78 is 4.73. The van der Waals surface area contributed by atoms with Gasteiger partial charge in [0.15, 0.2) is 12.1 Å². The number of hydrogen-bond donors (Lipinski definition) is 0. The molecule has 0 N–H and O–H groups in total. The Morgan fingerprint density at radius 1 is 1.67 bits per heavy atom. The first-order valence-electron chi connectivity index (χ1n) is 2.65. The van der Waals surface area contributed by atoms with Crippen LogP contribution in [0.5, 0.6) is 0 Å². The van der Waals surface area contributed by atoms with E-state index >= 15 is 0 Å². The monoisotopic (exact) mass is 126 g/mol. The van der Waals surface area contributed by atoms with Gasteiger partial charge >= 0.3 is 0 Å². The smallest absolute Gasteiger partial charge is 0.172 e. The van der Waals surface area contributed by atoms with Gasteiger partial charge in [0.1, 0.15) is 0 Å². The molecule has 0 saturated carbocycles. The molecule has 0 aromatic heterocycles. The first-order chi connectivity index (χ1) is 4.34. The van der Waals surface area contributed by atoms with Crippen LogP contribution in [-0.4, -0.2) is 18.7 Å². The molecule has 1 aliphatic rings. The predicted molar refractivity (Wildman–Crippen MR) is 29.7 cm³/mol. The fourth-order valence-electron chi connectivity index (χ4n) is 0.604. The highest BCUT2D eigenvalue weighted by molar-refractivity contribution is 6.11. The van der Waals surface area contributed by atoms with E-state index in [-0.39, 0.29) is 11.4 Å². The van der Waals surface area contributed by atoms with Gasteiger partial charge in [-0.05, 0) is 0 Å². The zero-order valence-electron chi connectivity index (χ0n) is 4.79. The van der Waals surface area contributed by atoms with E-state index in [0.29, 0.717) is 19.3 Å². The molecule has 3 heteroatoms. The molecule has 1 heterocycles. The Morgan fingerprint density at radius 2 is 2.44 bits per heavy atom. The van der Waals surface area contributed by atoms with Crippen LogP contribution in [0.1, 0.15) is 6.42 Å². The fourth-order valence-corrected chi connectivity index (χ4v) is 0.604. The van der Waals surface area contributed by atoms with E-state index in [4.69, 9.17) is 4.74 Å². The Hall–Kier alpha value is -1.12. The summed E-state index contributed by atoms with van der Waals surface area (Å²) in [4.78, 5) is 20.6. The Morgan fingerprint density at radius 3 is 2.89 bits per heavy atom. The molecule has 9 heavy (non-hydrogen) atoms. The number of rotatable bonds is 1. The van der Waals surface area contributed by atoms with E-state index in [2.05, 4.69) is 0 Å². The van der Waals surface area contributed by atoms with Crippen molar-refractivity contribution >= 4 is 12.1 Å². The summed E-state index contributed by atoms with van der Waals surface area (Å²) in [6.45, 7) is 0.399. The van der Waals surface area contributed by atoms with Crippen molar-refractivity contribution in [2.75, 3.05) is 6.61 Å². The van der Waals surface area contributed by atoms with Crippen molar-refractivity contribution in [2.45, 2.75) is 6.42 Å². The van der Waals surface area contributed by atoms with E-state index in [0.717, 1.165) is 0 Å². The van der Waals surface area contributed by atoms with Crippen molar-refractivity contribution in [1.29, 1.82) is 0 Å². The van der Waals surface area contributed by atoms with Gasteiger partial charge in [0.05, 0.1) is 18.4 Å². The zero-order valence-corrected chi connectivity index (χ0v) is 4.79. The lowest BCUT2D eigenvalue weighted by molar-refractivity contribution is -0.119. The van der Waals surface area contributed by atoms with Crippen LogP contribution in [0.3, 0.4) is 0 Å². The maximum atomic E-state index is 10.6. The highest BCUT2D eigenvalue weighted by Gasteiger charge is 2.12. The number of Topliss-reactive ketones (excluding diaryl/α,β-unsaturated/α-hetero) is 1. The van der Waals surface area contributed by atoms with E-state index < -0.39 is 0 Å². The predicted octanol–water partition coefficient (Wildman–Crippen LogP) is 0.0586. The van der Waals surface area contributed by atoms with Crippen molar-refractivity contribution in [3.05, 3.63) is 11.8 Å². The molecule has 1 rings (SSSR count). The second-order valence-electron chi connectivity index (χ2n) is 1.74. The summed E-state index contributed by atoms with van der Waals surface area (Å²) in [5.74, 6) is -0.128. The molecule has 0 saturated heterocycles. The van der Waals surface area contributed by atoms with Crippen LogP contribution in [0.25, 0.3) is 0 Å². The van der Waals surface area contributed by atoms with E-state index in [1.807, 2.05) is 0 Å². The number of hydrogen-bond acceptors (Lipinski definition) is 3. The summed E-state index contributed by atoms with van der Waals surface area (Å²) in [6.07, 6.45) is 2.05. The minimum atomic E-state index is -0.128. The molecule has 0 spiro atoms. The molecule has 0 bridgehead atoms. The highest BCUT2D eigenvalue weighted by Crippen LogP contribution is 2.03. The molecule has 3 nitrogen and oxygen atoms in total. The van der Waals surface area contributed by atoms with Crippen LogP contribution in [0.15, 0.2) is 11.8 Å². The lowest BCUT2D eigenvalue weighted by Crippen LogP contribution is -2.12. The van der Waals surface area contributed by atoms with Crippen LogP contribution in [0.4, 0.5) is 0 Å². The van der Waals surface area contributed by atoms with Gasteiger partial charge in [-0.2, -0.15) is 0 Å². The average Bonchev–Trinajstić information content (AvgIpc) is 1.89. The molecule has 1 aliphatic heterocycles. The fraction of sp³-hybridized carbons (Fsp3) is 0.333. The molecule has 0 radical (unpaired) electrons. The molecular formula is C6H6O3. The molecule has 0 amide bonds. The van der Waals surface area contributed by atoms with Crippen molar-refractivity contribution in [1.82, 2.24) is 0 Å². The van der Waals surface area contributed by atoms with Gasteiger partial charge in [0.25, 0.3) is 0 Å². The van der Waals surface area contributed by atoms with Crippen LogP contribution in [-0.2, 0) is 14.3 Å². The first kappa shape index (κ1) is 6.01. The SMILES string of the molecule is O=CC1=COCCC1=O. The van der Waals surface area contributed by atoms with Crippen molar-refractivity contribution in [3.63, 3.8) is 0 Å². The van der Waals surface area contributed by atoms with E-state index in [1.165, 1.54) is 6.26 Å². The number of carbonyl (C=O) groups is 2. The number of ether oxygens (including phenoxy) is 1. The Labute approximate surface area is 52.3 Å². The normalized spacial score (nSPS) is 18.2. The van der Waals surface area contributed by atoms with E-state index in [1.54, 1.807) is 0 Å². The lowest BCUT2D eigenvalue weighted by atomic mass is 10.1. The Balaban J connectivity index is 2.75. The Bertz CT molecular complexity index is 169. The maximum absolute atomic E-state index is 10.6. The standard InChI is InChI=1S/C6H6O3/c7-3-5-4-9-2-1-6(5)8/h3-4H,1-2H2. The molecular weight excluding hydrogens is 120 g/mol. The van der Waals surface area contributed by atoms with Gasteiger partial charge in [-0.3, -0.25) is 9.59 Å². The van der Waals surface area contributed by atoms with Gasteiger partial charge in [-0.25, -0.2) is 0 Å².